The fraction of sp³-hybridized carbons (Fsp3) is 0.905. The summed E-state index contributed by atoms with van der Waals surface area (Å²) in [5, 5.41) is 7.07. The summed E-state index contributed by atoms with van der Waals surface area (Å²) in [6.07, 6.45) is 9.69. The molecule has 2 N–H and O–H groups in total. The first-order valence-electron chi connectivity index (χ1n) is 10.5. The van der Waals surface area contributed by atoms with Gasteiger partial charge in [0.2, 0.25) is 5.91 Å². The fourth-order valence-electron chi connectivity index (χ4n) is 7.19. The van der Waals surface area contributed by atoms with Crippen molar-refractivity contribution in [3.8, 4) is 0 Å². The number of Topliss-reactive ketones (excluding diaryl/α,β-unsaturated/α-hetero) is 1. The first-order valence-corrected chi connectivity index (χ1v) is 10.5. The summed E-state index contributed by atoms with van der Waals surface area (Å²) >= 11 is 0. The van der Waals surface area contributed by atoms with Crippen molar-refractivity contribution in [1.29, 1.82) is 0 Å². The largest absolute Gasteiger partial charge is 0.352 e. The second-order valence-corrected chi connectivity index (χ2v) is 10.2. The highest BCUT2D eigenvalue weighted by Crippen LogP contribution is 2.63. The van der Waals surface area contributed by atoms with Gasteiger partial charge in [-0.3, -0.25) is 9.59 Å². The molecule has 0 aromatic heterocycles. The van der Waals surface area contributed by atoms with Crippen molar-refractivity contribution in [2.24, 2.45) is 28.6 Å². The number of carbonyl (C=O) groups excluding carboxylic acids is 2. The Bertz CT molecular complexity index is 615. The molecule has 0 spiro atoms. The molecule has 1 amide bonds. The van der Waals surface area contributed by atoms with Crippen LogP contribution >= 0.6 is 0 Å². The van der Waals surface area contributed by atoms with Crippen molar-refractivity contribution in [2.75, 3.05) is 0 Å². The SMILES string of the molecule is C[C@]12CCC(=O)NC1CC(=O)[C@@H]1[C@H]2CC[C@]2(C)C(NC3CC3)CC[C@@H]12. The van der Waals surface area contributed by atoms with E-state index in [9.17, 15) is 9.59 Å². The lowest BCUT2D eigenvalue weighted by Crippen LogP contribution is -2.64. The molecule has 1 aliphatic heterocycles. The third kappa shape index (κ3) is 2.28. The fourth-order valence-corrected chi connectivity index (χ4v) is 7.19. The number of carbonyl (C=O) groups is 2. The van der Waals surface area contributed by atoms with Crippen molar-refractivity contribution in [3.05, 3.63) is 0 Å². The van der Waals surface area contributed by atoms with Crippen molar-refractivity contribution in [1.82, 2.24) is 10.6 Å². The normalized spacial score (nSPS) is 52.2. The van der Waals surface area contributed by atoms with Crippen molar-refractivity contribution in [3.63, 3.8) is 0 Å². The molecule has 5 rings (SSSR count). The number of amides is 1. The van der Waals surface area contributed by atoms with Crippen molar-refractivity contribution >= 4 is 11.7 Å². The Morgan fingerprint density at radius 1 is 0.960 bits per heavy atom. The molecule has 0 aromatic carbocycles. The highest BCUT2D eigenvalue weighted by atomic mass is 16.2. The minimum absolute atomic E-state index is 0.0774. The lowest BCUT2D eigenvalue weighted by molar-refractivity contribution is -0.153. The van der Waals surface area contributed by atoms with Gasteiger partial charge in [0.25, 0.3) is 0 Å². The van der Waals surface area contributed by atoms with Gasteiger partial charge in [0.15, 0.2) is 0 Å². The van der Waals surface area contributed by atoms with Gasteiger partial charge < -0.3 is 10.6 Å². The summed E-state index contributed by atoms with van der Waals surface area (Å²) in [7, 11) is 0. The van der Waals surface area contributed by atoms with E-state index in [-0.39, 0.29) is 23.3 Å². The first-order chi connectivity index (χ1) is 11.9. The van der Waals surface area contributed by atoms with E-state index in [2.05, 4.69) is 24.5 Å². The van der Waals surface area contributed by atoms with Gasteiger partial charge in [-0.2, -0.15) is 0 Å². The zero-order chi connectivity index (χ0) is 17.4. The average Bonchev–Trinajstić information content (AvgIpc) is 3.32. The molecule has 0 aromatic rings. The van der Waals surface area contributed by atoms with Crippen LogP contribution in [0.5, 0.6) is 0 Å². The second-order valence-electron chi connectivity index (χ2n) is 10.2. The van der Waals surface area contributed by atoms with Gasteiger partial charge in [-0.15, -0.1) is 0 Å². The molecule has 0 radical (unpaired) electrons. The van der Waals surface area contributed by atoms with Gasteiger partial charge in [0.1, 0.15) is 5.78 Å². The number of fused-ring (bicyclic) bond motifs is 5. The number of piperidine rings is 1. The van der Waals surface area contributed by atoms with E-state index in [0.29, 0.717) is 41.9 Å². The van der Waals surface area contributed by atoms with Crippen LogP contribution in [0.3, 0.4) is 0 Å². The predicted octanol–water partition coefficient (Wildman–Crippen LogP) is 2.81. The van der Waals surface area contributed by atoms with Crippen LogP contribution in [0.2, 0.25) is 0 Å². The van der Waals surface area contributed by atoms with E-state index in [1.165, 1.54) is 32.1 Å². The van der Waals surface area contributed by atoms with E-state index in [1.807, 2.05) is 0 Å². The number of hydrogen-bond acceptors (Lipinski definition) is 3. The molecule has 2 unspecified atom stereocenters. The van der Waals surface area contributed by atoms with Gasteiger partial charge in [-0.05, 0) is 67.6 Å². The lowest BCUT2D eigenvalue weighted by atomic mass is 9.47. The smallest absolute Gasteiger partial charge is 0.220 e. The molecule has 4 heteroatoms. The summed E-state index contributed by atoms with van der Waals surface area (Å²) < 4.78 is 0. The standard InChI is InChI=1S/C21H32N2O2/c1-20-9-7-14-19(13(20)5-6-16(20)22-12-3-4-12)15(24)11-17-21(14,2)10-8-18(25)23-17/h12-14,16-17,19,22H,3-11H2,1-2H3,(H,23,25)/t13-,14+,16?,17?,19-,20-,21+/m0/s1. The number of rotatable bonds is 2. The minimum atomic E-state index is 0.0774. The highest BCUT2D eigenvalue weighted by Gasteiger charge is 2.63. The van der Waals surface area contributed by atoms with E-state index in [0.717, 1.165) is 18.9 Å². The Morgan fingerprint density at radius 3 is 2.48 bits per heavy atom. The van der Waals surface area contributed by atoms with E-state index >= 15 is 0 Å². The van der Waals surface area contributed by atoms with Crippen LogP contribution in [0.1, 0.15) is 71.6 Å². The van der Waals surface area contributed by atoms with Crippen LogP contribution in [0.15, 0.2) is 0 Å². The molecule has 1 heterocycles. The lowest BCUT2D eigenvalue weighted by Gasteiger charge is -2.59. The van der Waals surface area contributed by atoms with Crippen molar-refractivity contribution < 1.29 is 9.59 Å². The maximum atomic E-state index is 13.2. The Morgan fingerprint density at radius 2 is 1.72 bits per heavy atom. The zero-order valence-corrected chi connectivity index (χ0v) is 15.6. The summed E-state index contributed by atoms with van der Waals surface area (Å²) in [4.78, 5) is 25.1. The zero-order valence-electron chi connectivity index (χ0n) is 15.6. The highest BCUT2D eigenvalue weighted by molar-refractivity contribution is 5.86. The van der Waals surface area contributed by atoms with Gasteiger partial charge in [-0.25, -0.2) is 0 Å². The summed E-state index contributed by atoms with van der Waals surface area (Å²) in [5.74, 6) is 1.84. The molecule has 1 saturated heterocycles. The molecule has 4 nitrogen and oxygen atoms in total. The van der Waals surface area contributed by atoms with E-state index < -0.39 is 0 Å². The summed E-state index contributed by atoms with van der Waals surface area (Å²) in [6.45, 7) is 4.82. The molecule has 7 atom stereocenters. The molecule has 5 aliphatic rings. The summed E-state index contributed by atoms with van der Waals surface area (Å²) in [6, 6.07) is 1.43. The van der Waals surface area contributed by atoms with Crippen LogP contribution in [-0.4, -0.2) is 29.8 Å². The Kier molecular flexibility index (Phi) is 3.46. The third-order valence-electron chi connectivity index (χ3n) is 8.93. The molecule has 25 heavy (non-hydrogen) atoms. The molecular formula is C21H32N2O2. The molecule has 138 valence electrons. The predicted molar refractivity (Wildman–Crippen MR) is 95.9 cm³/mol. The van der Waals surface area contributed by atoms with Crippen LogP contribution in [0, 0.1) is 28.6 Å². The van der Waals surface area contributed by atoms with E-state index in [1.54, 1.807) is 0 Å². The molecule has 5 fully saturated rings. The Hall–Kier alpha value is -0.900. The van der Waals surface area contributed by atoms with E-state index in [4.69, 9.17) is 0 Å². The van der Waals surface area contributed by atoms with Gasteiger partial charge in [0.05, 0.1) is 0 Å². The van der Waals surface area contributed by atoms with Crippen LogP contribution < -0.4 is 10.6 Å². The second kappa shape index (κ2) is 5.31. The number of nitrogens with one attached hydrogen (secondary N) is 2. The van der Waals surface area contributed by atoms with Crippen LogP contribution in [0.25, 0.3) is 0 Å². The molecule has 0 bridgehead atoms. The number of hydrogen-bond donors (Lipinski definition) is 2. The van der Waals surface area contributed by atoms with Crippen LogP contribution in [-0.2, 0) is 9.59 Å². The Labute approximate surface area is 150 Å². The Balaban J connectivity index is 1.44. The molecular weight excluding hydrogens is 312 g/mol. The molecule has 4 saturated carbocycles. The van der Waals surface area contributed by atoms with Gasteiger partial charge >= 0.3 is 0 Å². The van der Waals surface area contributed by atoms with Crippen LogP contribution in [0.4, 0.5) is 0 Å². The summed E-state index contributed by atoms with van der Waals surface area (Å²) in [5.41, 5.74) is 0.413. The minimum Gasteiger partial charge on any atom is -0.352 e. The number of ketones is 1. The molecule has 4 aliphatic carbocycles. The van der Waals surface area contributed by atoms with Gasteiger partial charge in [-0.1, -0.05) is 13.8 Å². The maximum Gasteiger partial charge on any atom is 0.220 e. The topological polar surface area (TPSA) is 58.2 Å². The van der Waals surface area contributed by atoms with Gasteiger partial charge in [0, 0.05) is 36.9 Å². The quantitative estimate of drug-likeness (QED) is 0.810. The van der Waals surface area contributed by atoms with Crippen molar-refractivity contribution in [2.45, 2.75) is 89.8 Å². The average molecular weight is 344 g/mol. The monoisotopic (exact) mass is 344 g/mol. The first kappa shape index (κ1) is 16.3. The maximum absolute atomic E-state index is 13.2. The third-order valence-corrected chi connectivity index (χ3v) is 8.93.